The van der Waals surface area contributed by atoms with Crippen molar-refractivity contribution in [2.75, 3.05) is 7.11 Å². The van der Waals surface area contributed by atoms with E-state index in [1.807, 2.05) is 42.7 Å². The van der Waals surface area contributed by atoms with Gasteiger partial charge in [-0.3, -0.25) is 0 Å². The lowest BCUT2D eigenvalue weighted by Crippen LogP contribution is -1.97. The lowest BCUT2D eigenvalue weighted by molar-refractivity contribution is 0.414. The first-order valence-corrected chi connectivity index (χ1v) is 5.52. The summed E-state index contributed by atoms with van der Waals surface area (Å²) in [5.41, 5.74) is 1.21. The van der Waals surface area contributed by atoms with Crippen molar-refractivity contribution >= 4 is 15.9 Å². The maximum Gasteiger partial charge on any atom is 0.119 e. The van der Waals surface area contributed by atoms with Crippen LogP contribution in [0.15, 0.2) is 47.2 Å². The highest BCUT2D eigenvalue weighted by Gasteiger charge is 2.02. The van der Waals surface area contributed by atoms with Crippen LogP contribution < -0.4 is 4.74 Å². The van der Waals surface area contributed by atoms with Crippen LogP contribution in [0.2, 0.25) is 0 Å². The van der Waals surface area contributed by atoms with E-state index >= 15 is 0 Å². The van der Waals surface area contributed by atoms with Gasteiger partial charge in [-0.1, -0.05) is 15.9 Å². The Balaban J connectivity index is 2.27. The van der Waals surface area contributed by atoms with Gasteiger partial charge in [-0.15, -0.1) is 0 Å². The highest BCUT2D eigenvalue weighted by molar-refractivity contribution is 9.10. The van der Waals surface area contributed by atoms with Crippen LogP contribution >= 0.6 is 15.9 Å². The normalized spacial score (nSPS) is 10.3. The van der Waals surface area contributed by atoms with Gasteiger partial charge in [0.25, 0.3) is 0 Å². The zero-order valence-electron chi connectivity index (χ0n) is 8.48. The van der Waals surface area contributed by atoms with E-state index in [9.17, 15) is 0 Å². The maximum atomic E-state index is 5.20. The molecular weight excluding hydrogens is 254 g/mol. The second-order valence-electron chi connectivity index (χ2n) is 3.31. The minimum atomic E-state index is 0.852. The molecule has 3 heteroatoms. The standard InChI is InChI=1S/C12H12BrNO/c1-15-11-4-5-12(13)10(8-11)9-14-6-2-3-7-14/h2-8H,9H2,1H3. The number of benzene rings is 1. The van der Waals surface area contributed by atoms with E-state index in [2.05, 4.69) is 20.5 Å². The predicted molar refractivity (Wildman–Crippen MR) is 64.2 cm³/mol. The Bertz CT molecular complexity index is 437. The van der Waals surface area contributed by atoms with Crippen molar-refractivity contribution in [3.05, 3.63) is 52.8 Å². The van der Waals surface area contributed by atoms with Gasteiger partial charge >= 0.3 is 0 Å². The van der Waals surface area contributed by atoms with Gasteiger partial charge in [0.1, 0.15) is 5.75 Å². The molecule has 2 rings (SSSR count). The van der Waals surface area contributed by atoms with Crippen LogP contribution in [0.4, 0.5) is 0 Å². The summed E-state index contributed by atoms with van der Waals surface area (Å²) in [5, 5.41) is 0. The van der Waals surface area contributed by atoms with Gasteiger partial charge in [0.2, 0.25) is 0 Å². The van der Waals surface area contributed by atoms with Crippen LogP contribution in [-0.2, 0) is 6.54 Å². The molecule has 0 amide bonds. The van der Waals surface area contributed by atoms with E-state index in [0.717, 1.165) is 16.8 Å². The first kappa shape index (κ1) is 10.3. The number of rotatable bonds is 3. The summed E-state index contributed by atoms with van der Waals surface area (Å²) in [6.45, 7) is 0.852. The molecular formula is C12H12BrNO. The Hall–Kier alpha value is -1.22. The van der Waals surface area contributed by atoms with E-state index in [4.69, 9.17) is 4.74 Å². The highest BCUT2D eigenvalue weighted by Crippen LogP contribution is 2.23. The lowest BCUT2D eigenvalue weighted by atomic mass is 10.2. The molecule has 78 valence electrons. The fourth-order valence-electron chi connectivity index (χ4n) is 1.47. The molecule has 0 N–H and O–H groups in total. The van der Waals surface area contributed by atoms with Crippen LogP contribution in [-0.4, -0.2) is 11.7 Å². The minimum absolute atomic E-state index is 0.852. The third-order valence-corrected chi connectivity index (χ3v) is 3.05. The van der Waals surface area contributed by atoms with Gasteiger partial charge < -0.3 is 9.30 Å². The first-order valence-electron chi connectivity index (χ1n) is 4.73. The van der Waals surface area contributed by atoms with Crippen molar-refractivity contribution < 1.29 is 4.74 Å². The van der Waals surface area contributed by atoms with Crippen molar-refractivity contribution in [3.63, 3.8) is 0 Å². The fourth-order valence-corrected chi connectivity index (χ4v) is 1.84. The highest BCUT2D eigenvalue weighted by atomic mass is 79.9. The van der Waals surface area contributed by atoms with Crippen LogP contribution in [0.5, 0.6) is 5.75 Å². The Labute approximate surface area is 97.6 Å². The van der Waals surface area contributed by atoms with Gasteiger partial charge in [0.05, 0.1) is 7.11 Å². The van der Waals surface area contributed by atoms with Crippen molar-refractivity contribution in [1.82, 2.24) is 4.57 Å². The summed E-state index contributed by atoms with van der Waals surface area (Å²) in [6, 6.07) is 10.0. The first-order chi connectivity index (χ1) is 7.29. The average Bonchev–Trinajstić information content (AvgIpc) is 2.74. The van der Waals surface area contributed by atoms with Crippen molar-refractivity contribution in [1.29, 1.82) is 0 Å². The van der Waals surface area contributed by atoms with Gasteiger partial charge in [0, 0.05) is 23.4 Å². The van der Waals surface area contributed by atoms with Crippen LogP contribution in [0.3, 0.4) is 0 Å². The molecule has 2 aromatic rings. The summed E-state index contributed by atoms with van der Waals surface area (Å²) in [7, 11) is 1.68. The van der Waals surface area contributed by atoms with Gasteiger partial charge in [0.15, 0.2) is 0 Å². The second kappa shape index (κ2) is 4.53. The zero-order valence-corrected chi connectivity index (χ0v) is 10.1. The molecule has 0 aliphatic heterocycles. The molecule has 0 atom stereocenters. The summed E-state index contributed by atoms with van der Waals surface area (Å²) >= 11 is 3.54. The van der Waals surface area contributed by atoms with Crippen LogP contribution in [0.1, 0.15) is 5.56 Å². The zero-order chi connectivity index (χ0) is 10.7. The van der Waals surface area contributed by atoms with E-state index in [0.29, 0.717) is 0 Å². The number of ether oxygens (including phenoxy) is 1. The molecule has 0 unspecified atom stereocenters. The van der Waals surface area contributed by atoms with Crippen molar-refractivity contribution in [2.24, 2.45) is 0 Å². The minimum Gasteiger partial charge on any atom is -0.497 e. The van der Waals surface area contributed by atoms with Crippen molar-refractivity contribution in [2.45, 2.75) is 6.54 Å². The molecule has 0 saturated heterocycles. The molecule has 1 heterocycles. The molecule has 1 aromatic heterocycles. The SMILES string of the molecule is COc1ccc(Br)c(Cn2cccc2)c1. The molecule has 0 saturated carbocycles. The van der Waals surface area contributed by atoms with Gasteiger partial charge in [-0.05, 0) is 35.9 Å². The van der Waals surface area contributed by atoms with E-state index < -0.39 is 0 Å². The number of hydrogen-bond donors (Lipinski definition) is 0. The quantitative estimate of drug-likeness (QED) is 0.831. The molecule has 0 radical (unpaired) electrons. The molecule has 1 aromatic carbocycles. The lowest BCUT2D eigenvalue weighted by Gasteiger charge is -2.08. The van der Waals surface area contributed by atoms with Crippen LogP contribution in [0, 0.1) is 0 Å². The fraction of sp³-hybridized carbons (Fsp3) is 0.167. The molecule has 0 aliphatic rings. The van der Waals surface area contributed by atoms with E-state index in [1.54, 1.807) is 7.11 Å². The number of methoxy groups -OCH3 is 1. The van der Waals surface area contributed by atoms with Gasteiger partial charge in [-0.2, -0.15) is 0 Å². The number of aromatic nitrogens is 1. The van der Waals surface area contributed by atoms with Crippen molar-refractivity contribution in [3.8, 4) is 5.75 Å². The Kier molecular flexibility index (Phi) is 3.11. The molecule has 0 aliphatic carbocycles. The van der Waals surface area contributed by atoms with E-state index in [-0.39, 0.29) is 0 Å². The number of hydrogen-bond acceptors (Lipinski definition) is 1. The molecule has 2 nitrogen and oxygen atoms in total. The number of nitrogens with zero attached hydrogens (tertiary/aromatic N) is 1. The van der Waals surface area contributed by atoms with E-state index in [1.165, 1.54) is 5.56 Å². The summed E-state index contributed by atoms with van der Waals surface area (Å²) in [6.07, 6.45) is 4.10. The third-order valence-electron chi connectivity index (χ3n) is 2.27. The molecule has 15 heavy (non-hydrogen) atoms. The average molecular weight is 266 g/mol. The van der Waals surface area contributed by atoms with Crippen LogP contribution in [0.25, 0.3) is 0 Å². The molecule has 0 bridgehead atoms. The predicted octanol–water partition coefficient (Wildman–Crippen LogP) is 3.31. The summed E-state index contributed by atoms with van der Waals surface area (Å²) in [4.78, 5) is 0. The monoisotopic (exact) mass is 265 g/mol. The topological polar surface area (TPSA) is 14.2 Å². The Morgan fingerprint density at radius 2 is 2.00 bits per heavy atom. The van der Waals surface area contributed by atoms with Gasteiger partial charge in [-0.25, -0.2) is 0 Å². The Morgan fingerprint density at radius 3 is 2.67 bits per heavy atom. The largest absolute Gasteiger partial charge is 0.497 e. The third kappa shape index (κ3) is 2.42. The molecule has 0 fully saturated rings. The maximum absolute atomic E-state index is 5.20. The second-order valence-corrected chi connectivity index (χ2v) is 4.17. The summed E-state index contributed by atoms with van der Waals surface area (Å²) in [5.74, 6) is 0.889. The molecule has 0 spiro atoms. The summed E-state index contributed by atoms with van der Waals surface area (Å²) < 4.78 is 8.43. The number of halogens is 1. The smallest absolute Gasteiger partial charge is 0.119 e. The Morgan fingerprint density at radius 1 is 1.27 bits per heavy atom.